The lowest BCUT2D eigenvalue weighted by atomic mass is 10.1. The number of anilines is 1. The van der Waals surface area contributed by atoms with Crippen LogP contribution < -0.4 is 14.5 Å². The molecule has 3 aromatic rings. The maximum Gasteiger partial charge on any atom is 0.353 e. The van der Waals surface area contributed by atoms with Crippen LogP contribution in [0.5, 0.6) is 11.5 Å². The molecule has 0 radical (unpaired) electrons. The second-order valence-corrected chi connectivity index (χ2v) is 7.95. The molecule has 0 fully saturated rings. The van der Waals surface area contributed by atoms with Crippen molar-refractivity contribution < 1.29 is 19.1 Å². The highest BCUT2D eigenvalue weighted by Gasteiger charge is 2.29. The predicted molar refractivity (Wildman–Crippen MR) is 122 cm³/mol. The molecule has 1 aliphatic rings. The lowest BCUT2D eigenvalue weighted by molar-refractivity contribution is -0.114. The molecule has 0 bridgehead atoms. The number of para-hydroxylation sites is 1. The number of carbonyl (C=O) groups excluding carboxylic acids is 2. The SMILES string of the molecule is COc1cc(C=C2C(=O)N(c3ccccc3)N=C2C)cc(Cl)c1OC(=O)c1cccs1. The van der Waals surface area contributed by atoms with Crippen LogP contribution in [0.3, 0.4) is 0 Å². The fraction of sp³-hybridized carbons (Fsp3) is 0.0870. The number of benzene rings is 2. The van der Waals surface area contributed by atoms with Crippen molar-refractivity contribution in [1.29, 1.82) is 0 Å². The summed E-state index contributed by atoms with van der Waals surface area (Å²) in [5.41, 5.74) is 2.31. The summed E-state index contributed by atoms with van der Waals surface area (Å²) in [5.74, 6) is -0.358. The predicted octanol–water partition coefficient (Wildman–Crippen LogP) is 5.44. The van der Waals surface area contributed by atoms with Crippen LogP contribution >= 0.6 is 22.9 Å². The number of carbonyl (C=O) groups is 2. The molecule has 156 valence electrons. The van der Waals surface area contributed by atoms with Crippen LogP contribution in [-0.2, 0) is 4.79 Å². The molecule has 2 aromatic carbocycles. The highest BCUT2D eigenvalue weighted by Crippen LogP contribution is 2.38. The highest BCUT2D eigenvalue weighted by atomic mass is 35.5. The smallest absolute Gasteiger partial charge is 0.353 e. The molecule has 0 atom stereocenters. The van der Waals surface area contributed by atoms with Crippen LogP contribution in [0, 0.1) is 0 Å². The molecular weight excluding hydrogens is 436 g/mol. The van der Waals surface area contributed by atoms with E-state index in [9.17, 15) is 9.59 Å². The quantitative estimate of drug-likeness (QED) is 0.294. The van der Waals surface area contributed by atoms with Crippen molar-refractivity contribution in [1.82, 2.24) is 0 Å². The first-order chi connectivity index (χ1) is 15.0. The summed E-state index contributed by atoms with van der Waals surface area (Å²) < 4.78 is 10.8. The lowest BCUT2D eigenvalue weighted by Crippen LogP contribution is -2.21. The van der Waals surface area contributed by atoms with Gasteiger partial charge in [-0.1, -0.05) is 35.9 Å². The topological polar surface area (TPSA) is 68.2 Å². The first-order valence-electron chi connectivity index (χ1n) is 9.28. The van der Waals surface area contributed by atoms with E-state index < -0.39 is 5.97 Å². The third-order valence-electron chi connectivity index (χ3n) is 4.54. The average molecular weight is 453 g/mol. The van der Waals surface area contributed by atoms with Crippen molar-refractivity contribution in [2.24, 2.45) is 5.10 Å². The van der Waals surface area contributed by atoms with Gasteiger partial charge in [-0.05, 0) is 54.3 Å². The third-order valence-corrected chi connectivity index (χ3v) is 5.67. The summed E-state index contributed by atoms with van der Waals surface area (Å²) in [4.78, 5) is 25.7. The van der Waals surface area contributed by atoms with Crippen molar-refractivity contribution in [2.45, 2.75) is 6.92 Å². The van der Waals surface area contributed by atoms with Gasteiger partial charge in [-0.15, -0.1) is 11.3 Å². The molecule has 0 spiro atoms. The minimum Gasteiger partial charge on any atom is -0.493 e. The second kappa shape index (κ2) is 8.75. The maximum absolute atomic E-state index is 12.9. The van der Waals surface area contributed by atoms with E-state index in [0.717, 1.165) is 0 Å². The van der Waals surface area contributed by atoms with Crippen molar-refractivity contribution in [3.05, 3.63) is 81.0 Å². The number of thiophene rings is 1. The minimum absolute atomic E-state index is 0.124. The molecule has 1 aromatic heterocycles. The molecule has 1 aliphatic heterocycles. The first-order valence-corrected chi connectivity index (χ1v) is 10.5. The maximum atomic E-state index is 12.9. The Morgan fingerprint density at radius 1 is 1.16 bits per heavy atom. The van der Waals surface area contributed by atoms with E-state index >= 15 is 0 Å². The highest BCUT2D eigenvalue weighted by molar-refractivity contribution is 7.12. The number of halogens is 1. The third kappa shape index (κ3) is 4.23. The number of hydrazone groups is 1. The van der Waals surface area contributed by atoms with Gasteiger partial charge in [0.05, 0.1) is 29.1 Å². The number of hydrogen-bond donors (Lipinski definition) is 0. The van der Waals surface area contributed by atoms with E-state index in [2.05, 4.69) is 5.10 Å². The van der Waals surface area contributed by atoms with Gasteiger partial charge in [0.15, 0.2) is 11.5 Å². The summed E-state index contributed by atoms with van der Waals surface area (Å²) in [6.45, 7) is 1.77. The van der Waals surface area contributed by atoms with Gasteiger partial charge in [0, 0.05) is 0 Å². The Balaban J connectivity index is 1.64. The largest absolute Gasteiger partial charge is 0.493 e. The number of hydrogen-bond acceptors (Lipinski definition) is 6. The van der Waals surface area contributed by atoms with Gasteiger partial charge in [0.1, 0.15) is 4.88 Å². The number of methoxy groups -OCH3 is 1. The molecule has 1 amide bonds. The van der Waals surface area contributed by atoms with Crippen LogP contribution in [0.15, 0.2) is 70.7 Å². The summed E-state index contributed by atoms with van der Waals surface area (Å²) in [7, 11) is 1.45. The molecular formula is C23H17ClN2O4S. The molecule has 0 N–H and O–H groups in total. The minimum atomic E-state index is -0.520. The van der Waals surface area contributed by atoms with Crippen LogP contribution in [0.1, 0.15) is 22.2 Å². The Morgan fingerprint density at radius 3 is 2.61 bits per heavy atom. The standard InChI is InChI=1S/C23H17ClN2O4S/c1-14-17(22(27)26(25-14)16-7-4-3-5-8-16)11-15-12-18(24)21(19(13-15)29-2)30-23(28)20-9-6-10-31-20/h3-13H,1-2H3. The van der Waals surface area contributed by atoms with E-state index in [1.807, 2.05) is 30.3 Å². The number of esters is 1. The summed E-state index contributed by atoms with van der Waals surface area (Å²) in [5, 5.41) is 7.70. The molecule has 0 unspecified atom stereocenters. The monoisotopic (exact) mass is 452 g/mol. The van der Waals surface area contributed by atoms with Crippen LogP contribution in [0.4, 0.5) is 5.69 Å². The van der Waals surface area contributed by atoms with Gasteiger partial charge in [-0.25, -0.2) is 4.79 Å². The lowest BCUT2D eigenvalue weighted by Gasteiger charge is -2.12. The molecule has 0 aliphatic carbocycles. The zero-order chi connectivity index (χ0) is 22.0. The van der Waals surface area contributed by atoms with E-state index in [1.165, 1.54) is 23.5 Å². The van der Waals surface area contributed by atoms with Gasteiger partial charge in [-0.2, -0.15) is 10.1 Å². The molecule has 8 heteroatoms. The Bertz CT molecular complexity index is 1200. The van der Waals surface area contributed by atoms with Crippen LogP contribution in [0.25, 0.3) is 6.08 Å². The van der Waals surface area contributed by atoms with Gasteiger partial charge in [0.25, 0.3) is 5.91 Å². The first kappa shape index (κ1) is 20.8. The van der Waals surface area contributed by atoms with Crippen molar-refractivity contribution in [3.8, 4) is 11.5 Å². The van der Waals surface area contributed by atoms with E-state index in [0.29, 0.717) is 27.4 Å². The van der Waals surface area contributed by atoms with Crippen molar-refractivity contribution in [3.63, 3.8) is 0 Å². The number of ether oxygens (including phenoxy) is 2. The second-order valence-electron chi connectivity index (χ2n) is 6.60. The molecule has 4 rings (SSSR count). The fourth-order valence-electron chi connectivity index (χ4n) is 3.06. The summed E-state index contributed by atoms with van der Waals surface area (Å²) in [6, 6.07) is 15.9. The number of nitrogens with zero attached hydrogens (tertiary/aromatic N) is 2. The Morgan fingerprint density at radius 2 is 1.94 bits per heavy atom. The van der Waals surface area contributed by atoms with E-state index in [1.54, 1.807) is 42.6 Å². The van der Waals surface area contributed by atoms with Gasteiger partial charge >= 0.3 is 5.97 Å². The van der Waals surface area contributed by atoms with Crippen LogP contribution in [-0.4, -0.2) is 24.7 Å². The number of rotatable bonds is 5. The average Bonchev–Trinajstić information content (AvgIpc) is 3.40. The van der Waals surface area contributed by atoms with Crippen molar-refractivity contribution in [2.75, 3.05) is 12.1 Å². The van der Waals surface area contributed by atoms with Crippen LogP contribution in [0.2, 0.25) is 5.02 Å². The van der Waals surface area contributed by atoms with Gasteiger partial charge in [0.2, 0.25) is 0 Å². The Hall–Kier alpha value is -3.42. The Labute approximate surface area is 188 Å². The van der Waals surface area contributed by atoms with E-state index in [-0.39, 0.29) is 22.4 Å². The normalized spacial score (nSPS) is 14.7. The molecule has 0 saturated heterocycles. The zero-order valence-corrected chi connectivity index (χ0v) is 18.2. The van der Waals surface area contributed by atoms with Crippen molar-refractivity contribution >= 4 is 52.3 Å². The molecule has 31 heavy (non-hydrogen) atoms. The van der Waals surface area contributed by atoms with Gasteiger partial charge < -0.3 is 9.47 Å². The number of amides is 1. The molecule has 2 heterocycles. The summed E-state index contributed by atoms with van der Waals surface area (Å²) in [6.07, 6.45) is 1.68. The Kier molecular flexibility index (Phi) is 5.88. The summed E-state index contributed by atoms with van der Waals surface area (Å²) >= 11 is 7.66. The van der Waals surface area contributed by atoms with Gasteiger partial charge in [-0.3, -0.25) is 4.79 Å². The fourth-order valence-corrected chi connectivity index (χ4v) is 3.91. The van der Waals surface area contributed by atoms with E-state index in [4.69, 9.17) is 21.1 Å². The molecule has 6 nitrogen and oxygen atoms in total. The zero-order valence-electron chi connectivity index (χ0n) is 16.7. The molecule has 0 saturated carbocycles.